The fourth-order valence-corrected chi connectivity index (χ4v) is 1.13. The van der Waals surface area contributed by atoms with Gasteiger partial charge >= 0.3 is 6.18 Å². The smallest absolute Gasteiger partial charge is 0.396 e. The maximum Gasteiger partial charge on any atom is 0.419 e. The SMILES string of the molecule is CC.Cc1c(F)c(N)cc(F)c1C(F)(F)F. The minimum Gasteiger partial charge on any atom is -0.396 e. The van der Waals surface area contributed by atoms with E-state index < -0.39 is 34.6 Å². The molecule has 0 saturated carbocycles. The number of anilines is 1. The predicted molar refractivity (Wildman–Crippen MR) is 51.9 cm³/mol. The molecule has 0 heterocycles. The standard InChI is InChI=1S/C8H6F5N.C2H6/c1-3-6(8(11,12)13)4(9)2-5(14)7(3)10;1-2/h2H,14H2,1H3;1-2H3. The summed E-state index contributed by atoms with van der Waals surface area (Å²) in [5, 5.41) is 0. The van der Waals surface area contributed by atoms with Gasteiger partial charge in [-0.25, -0.2) is 8.78 Å². The van der Waals surface area contributed by atoms with Crippen molar-refractivity contribution >= 4 is 5.69 Å². The van der Waals surface area contributed by atoms with Crippen molar-refractivity contribution < 1.29 is 22.0 Å². The Bertz CT molecular complexity index is 370. The van der Waals surface area contributed by atoms with Crippen molar-refractivity contribution in [1.82, 2.24) is 0 Å². The Morgan fingerprint density at radius 2 is 1.56 bits per heavy atom. The van der Waals surface area contributed by atoms with Crippen molar-refractivity contribution in [3.05, 3.63) is 28.8 Å². The fourth-order valence-electron chi connectivity index (χ4n) is 1.13. The molecule has 2 N–H and O–H groups in total. The average Bonchev–Trinajstić information content (AvgIpc) is 2.15. The molecule has 16 heavy (non-hydrogen) atoms. The second-order valence-corrected chi connectivity index (χ2v) is 2.76. The van der Waals surface area contributed by atoms with Crippen LogP contribution in [0.1, 0.15) is 25.0 Å². The summed E-state index contributed by atoms with van der Waals surface area (Å²) >= 11 is 0. The maximum atomic E-state index is 12.9. The molecule has 1 rings (SSSR count). The van der Waals surface area contributed by atoms with E-state index in [1.165, 1.54) is 0 Å². The Labute approximate surface area is 90.1 Å². The number of rotatable bonds is 0. The Morgan fingerprint density at radius 1 is 1.12 bits per heavy atom. The highest BCUT2D eigenvalue weighted by atomic mass is 19.4. The van der Waals surface area contributed by atoms with E-state index in [4.69, 9.17) is 5.73 Å². The van der Waals surface area contributed by atoms with E-state index in [9.17, 15) is 22.0 Å². The zero-order valence-corrected chi connectivity index (χ0v) is 9.04. The largest absolute Gasteiger partial charge is 0.419 e. The van der Waals surface area contributed by atoms with Gasteiger partial charge in [0.15, 0.2) is 0 Å². The molecule has 6 heteroatoms. The molecule has 0 atom stereocenters. The van der Waals surface area contributed by atoms with Gasteiger partial charge in [-0.05, 0) is 6.92 Å². The number of benzene rings is 1. The van der Waals surface area contributed by atoms with Gasteiger partial charge in [-0.3, -0.25) is 0 Å². The first-order valence-corrected chi connectivity index (χ1v) is 4.56. The van der Waals surface area contributed by atoms with Crippen LogP contribution >= 0.6 is 0 Å². The van der Waals surface area contributed by atoms with Crippen LogP contribution in [0.2, 0.25) is 0 Å². The van der Waals surface area contributed by atoms with Crippen molar-refractivity contribution in [3.63, 3.8) is 0 Å². The number of alkyl halides is 3. The Hall–Kier alpha value is -1.33. The van der Waals surface area contributed by atoms with Crippen LogP contribution in [0.25, 0.3) is 0 Å². The van der Waals surface area contributed by atoms with Crippen LogP contribution in [0.3, 0.4) is 0 Å². The molecule has 0 bridgehead atoms. The van der Waals surface area contributed by atoms with Gasteiger partial charge in [0.25, 0.3) is 0 Å². The first kappa shape index (κ1) is 14.7. The molecule has 0 amide bonds. The summed E-state index contributed by atoms with van der Waals surface area (Å²) in [4.78, 5) is 0. The van der Waals surface area contributed by atoms with Gasteiger partial charge in [-0.2, -0.15) is 13.2 Å². The molecule has 0 aliphatic carbocycles. The monoisotopic (exact) mass is 241 g/mol. The highest BCUT2D eigenvalue weighted by molar-refractivity contribution is 5.48. The van der Waals surface area contributed by atoms with Gasteiger partial charge in [-0.1, -0.05) is 13.8 Å². The number of nitrogen functional groups attached to an aromatic ring is 1. The minimum absolute atomic E-state index is 0.325. The predicted octanol–water partition coefficient (Wildman–Crippen LogP) is 3.90. The lowest BCUT2D eigenvalue weighted by molar-refractivity contribution is -0.140. The van der Waals surface area contributed by atoms with Gasteiger partial charge in [0, 0.05) is 11.6 Å². The second kappa shape index (κ2) is 5.14. The summed E-state index contributed by atoms with van der Waals surface area (Å²) in [5.74, 6) is -2.80. The van der Waals surface area contributed by atoms with E-state index in [2.05, 4.69) is 0 Å². The van der Waals surface area contributed by atoms with Crippen LogP contribution in [0.15, 0.2) is 6.07 Å². The number of hydrogen-bond donors (Lipinski definition) is 1. The summed E-state index contributed by atoms with van der Waals surface area (Å²) < 4.78 is 62.3. The third-order valence-electron chi connectivity index (χ3n) is 1.76. The highest BCUT2D eigenvalue weighted by Crippen LogP contribution is 2.36. The van der Waals surface area contributed by atoms with Crippen LogP contribution < -0.4 is 5.73 Å². The first-order chi connectivity index (χ1) is 7.25. The summed E-state index contributed by atoms with van der Waals surface area (Å²) in [7, 11) is 0. The van der Waals surface area contributed by atoms with Crippen molar-refractivity contribution in [1.29, 1.82) is 0 Å². The molecule has 0 radical (unpaired) electrons. The van der Waals surface area contributed by atoms with Crippen LogP contribution in [0, 0.1) is 18.6 Å². The topological polar surface area (TPSA) is 26.0 Å². The Kier molecular flexibility index (Phi) is 4.71. The second-order valence-electron chi connectivity index (χ2n) is 2.76. The van der Waals surface area contributed by atoms with E-state index in [-0.39, 0.29) is 0 Å². The van der Waals surface area contributed by atoms with Crippen molar-refractivity contribution in [2.45, 2.75) is 26.9 Å². The van der Waals surface area contributed by atoms with E-state index >= 15 is 0 Å². The Balaban J connectivity index is 0.00000106. The molecule has 1 aromatic rings. The van der Waals surface area contributed by atoms with Crippen molar-refractivity contribution in [3.8, 4) is 0 Å². The third kappa shape index (κ3) is 2.84. The number of halogens is 5. The molecule has 0 fully saturated rings. The molecule has 0 aliphatic rings. The summed E-state index contributed by atoms with van der Waals surface area (Å²) in [6.07, 6.45) is -4.91. The fraction of sp³-hybridized carbons (Fsp3) is 0.400. The molecule has 1 nitrogen and oxygen atoms in total. The normalized spacial score (nSPS) is 10.8. The molecular weight excluding hydrogens is 229 g/mol. The first-order valence-electron chi connectivity index (χ1n) is 4.56. The molecule has 0 aromatic heterocycles. The molecule has 0 aliphatic heterocycles. The quantitative estimate of drug-likeness (QED) is 0.541. The lowest BCUT2D eigenvalue weighted by Gasteiger charge is -2.12. The third-order valence-corrected chi connectivity index (χ3v) is 1.76. The van der Waals surface area contributed by atoms with Gasteiger partial charge < -0.3 is 5.73 Å². The van der Waals surface area contributed by atoms with Crippen LogP contribution in [0.4, 0.5) is 27.6 Å². The van der Waals surface area contributed by atoms with Gasteiger partial charge in [0.2, 0.25) is 0 Å². The molecule has 92 valence electrons. The number of hydrogen-bond acceptors (Lipinski definition) is 1. The van der Waals surface area contributed by atoms with Crippen LogP contribution in [0.5, 0.6) is 0 Å². The lowest BCUT2D eigenvalue weighted by atomic mass is 10.1. The lowest BCUT2D eigenvalue weighted by Crippen LogP contribution is -2.13. The zero-order valence-electron chi connectivity index (χ0n) is 9.04. The molecular formula is C10H12F5N. The zero-order chi connectivity index (χ0) is 13.1. The number of nitrogens with two attached hydrogens (primary N) is 1. The Morgan fingerprint density at radius 3 is 1.94 bits per heavy atom. The van der Waals surface area contributed by atoms with Crippen molar-refractivity contribution in [2.24, 2.45) is 0 Å². The van der Waals surface area contributed by atoms with Gasteiger partial charge in [0.05, 0.1) is 11.3 Å². The van der Waals surface area contributed by atoms with Crippen molar-refractivity contribution in [2.75, 3.05) is 5.73 Å². The van der Waals surface area contributed by atoms with Crippen LogP contribution in [-0.4, -0.2) is 0 Å². The van der Waals surface area contributed by atoms with E-state index in [0.29, 0.717) is 6.07 Å². The summed E-state index contributed by atoms with van der Waals surface area (Å²) in [6, 6.07) is 0.325. The van der Waals surface area contributed by atoms with E-state index in [1.807, 2.05) is 13.8 Å². The highest BCUT2D eigenvalue weighted by Gasteiger charge is 2.37. The minimum atomic E-state index is -4.91. The average molecular weight is 241 g/mol. The summed E-state index contributed by atoms with van der Waals surface area (Å²) in [5.41, 5.74) is 1.89. The summed E-state index contributed by atoms with van der Waals surface area (Å²) in [6.45, 7) is 4.83. The van der Waals surface area contributed by atoms with E-state index in [1.54, 1.807) is 0 Å². The molecule has 0 saturated heterocycles. The van der Waals surface area contributed by atoms with Gasteiger partial charge in [0.1, 0.15) is 11.6 Å². The van der Waals surface area contributed by atoms with Crippen LogP contribution in [-0.2, 0) is 6.18 Å². The van der Waals surface area contributed by atoms with E-state index in [0.717, 1.165) is 6.92 Å². The molecule has 0 spiro atoms. The maximum absolute atomic E-state index is 12.9. The van der Waals surface area contributed by atoms with Gasteiger partial charge in [-0.15, -0.1) is 0 Å². The molecule has 1 aromatic carbocycles. The molecule has 0 unspecified atom stereocenters.